The molecule has 2 aromatic carbocycles. The number of hydrogen-bond acceptors (Lipinski definition) is 7. The van der Waals surface area contributed by atoms with Crippen LogP contribution in [0.1, 0.15) is 49.6 Å². The number of nitrogens with one attached hydrogen (secondary N) is 1. The van der Waals surface area contributed by atoms with Gasteiger partial charge in [0.15, 0.2) is 5.16 Å². The molecular weight excluding hydrogens is 530 g/mol. The standard InChI is InChI=1S/C30H33N3O4S2/c1-4-15-36-22-12-10-20(11-13-22)18-31-25(34)14-16-38-29-32-27-26(23-17-30(2,3)37-19-24(23)39-27)28(35)33(29)21-8-6-5-7-9-21/h5-13H,4,14-19H2,1-3H3,(H,31,34). The fourth-order valence-electron chi connectivity index (χ4n) is 4.52. The molecule has 204 valence electrons. The van der Waals surface area contributed by atoms with E-state index in [0.29, 0.717) is 48.9 Å². The number of carbonyl (C=O) groups is 1. The van der Waals surface area contributed by atoms with Crippen LogP contribution in [0.5, 0.6) is 5.75 Å². The van der Waals surface area contributed by atoms with Gasteiger partial charge in [-0.1, -0.05) is 49.0 Å². The highest BCUT2D eigenvalue weighted by Gasteiger charge is 2.31. The molecule has 5 rings (SSSR count). The molecule has 1 aliphatic heterocycles. The summed E-state index contributed by atoms with van der Waals surface area (Å²) in [5.41, 5.74) is 2.44. The maximum atomic E-state index is 13.9. The first-order chi connectivity index (χ1) is 18.8. The summed E-state index contributed by atoms with van der Waals surface area (Å²) in [5.74, 6) is 1.29. The number of para-hydroxylation sites is 1. The van der Waals surface area contributed by atoms with E-state index in [4.69, 9.17) is 14.5 Å². The lowest BCUT2D eigenvalue weighted by Gasteiger charge is -2.29. The van der Waals surface area contributed by atoms with E-state index in [1.54, 1.807) is 4.57 Å². The van der Waals surface area contributed by atoms with Gasteiger partial charge in [-0.05, 0) is 55.7 Å². The molecule has 39 heavy (non-hydrogen) atoms. The number of carbonyl (C=O) groups excluding carboxylic acids is 1. The average Bonchev–Trinajstić information content (AvgIpc) is 3.28. The third-order valence-corrected chi connectivity index (χ3v) is 8.57. The Kier molecular flexibility index (Phi) is 8.40. The van der Waals surface area contributed by atoms with Crippen molar-refractivity contribution < 1.29 is 14.3 Å². The average molecular weight is 564 g/mol. The molecule has 0 spiro atoms. The fraction of sp³-hybridized carbons (Fsp3) is 0.367. The molecule has 1 amide bonds. The Bertz CT molecular complexity index is 1510. The van der Waals surface area contributed by atoms with Gasteiger partial charge in [-0.2, -0.15) is 0 Å². The molecule has 7 nitrogen and oxygen atoms in total. The summed E-state index contributed by atoms with van der Waals surface area (Å²) < 4.78 is 13.3. The summed E-state index contributed by atoms with van der Waals surface area (Å²) in [7, 11) is 0. The van der Waals surface area contributed by atoms with Gasteiger partial charge in [0.2, 0.25) is 5.91 Å². The third-order valence-electron chi connectivity index (χ3n) is 6.53. The maximum Gasteiger partial charge on any atom is 0.267 e. The highest BCUT2D eigenvalue weighted by atomic mass is 32.2. The lowest BCUT2D eigenvalue weighted by atomic mass is 9.94. The molecule has 4 aromatic rings. The molecule has 2 aromatic heterocycles. The maximum absolute atomic E-state index is 13.9. The quantitative estimate of drug-likeness (QED) is 0.192. The molecule has 0 saturated heterocycles. The summed E-state index contributed by atoms with van der Waals surface area (Å²) in [5, 5.41) is 4.26. The second kappa shape index (κ2) is 11.9. The van der Waals surface area contributed by atoms with Crippen LogP contribution in [-0.2, 0) is 29.1 Å². The van der Waals surface area contributed by atoms with E-state index in [9.17, 15) is 9.59 Å². The van der Waals surface area contributed by atoms with E-state index in [0.717, 1.165) is 38.7 Å². The minimum absolute atomic E-state index is 0.0468. The van der Waals surface area contributed by atoms with Gasteiger partial charge in [0.05, 0.1) is 29.9 Å². The molecule has 3 heterocycles. The van der Waals surface area contributed by atoms with Gasteiger partial charge in [-0.3, -0.25) is 14.2 Å². The molecule has 0 radical (unpaired) electrons. The van der Waals surface area contributed by atoms with E-state index in [1.807, 2.05) is 54.6 Å². The minimum atomic E-state index is -0.323. The Balaban J connectivity index is 1.30. The van der Waals surface area contributed by atoms with Crippen LogP contribution >= 0.6 is 23.1 Å². The number of aromatic nitrogens is 2. The first-order valence-corrected chi connectivity index (χ1v) is 15.0. The van der Waals surface area contributed by atoms with Crippen molar-refractivity contribution in [3.05, 3.63) is 81.0 Å². The summed E-state index contributed by atoms with van der Waals surface area (Å²) >= 11 is 2.96. The fourth-order valence-corrected chi connectivity index (χ4v) is 6.62. The van der Waals surface area contributed by atoms with Gasteiger partial charge in [-0.25, -0.2) is 4.98 Å². The van der Waals surface area contributed by atoms with E-state index >= 15 is 0 Å². The number of hydrogen-bond donors (Lipinski definition) is 1. The Morgan fingerprint density at radius 2 is 1.95 bits per heavy atom. The monoisotopic (exact) mass is 563 g/mol. The number of ether oxygens (including phenoxy) is 2. The SMILES string of the molecule is CCCOc1ccc(CNC(=O)CCSc2nc3sc4c(c3c(=O)n2-c2ccccc2)CC(C)(C)OC4)cc1. The van der Waals surface area contributed by atoms with Crippen LogP contribution in [0, 0.1) is 0 Å². The molecule has 0 unspecified atom stereocenters. The van der Waals surface area contributed by atoms with Crippen molar-refractivity contribution in [1.29, 1.82) is 0 Å². The van der Waals surface area contributed by atoms with Crippen molar-refractivity contribution >= 4 is 39.2 Å². The van der Waals surface area contributed by atoms with E-state index in [-0.39, 0.29) is 17.1 Å². The lowest BCUT2D eigenvalue weighted by molar-refractivity contribution is -0.120. The van der Waals surface area contributed by atoms with Crippen LogP contribution in [-0.4, -0.2) is 33.4 Å². The van der Waals surface area contributed by atoms with Gasteiger partial charge in [0.1, 0.15) is 10.6 Å². The number of thiophene rings is 1. The largest absolute Gasteiger partial charge is 0.494 e. The smallest absolute Gasteiger partial charge is 0.267 e. The molecule has 0 fully saturated rings. The van der Waals surface area contributed by atoms with Crippen LogP contribution in [0.3, 0.4) is 0 Å². The van der Waals surface area contributed by atoms with E-state index < -0.39 is 0 Å². The first-order valence-electron chi connectivity index (χ1n) is 13.2. The third kappa shape index (κ3) is 6.37. The second-order valence-corrected chi connectivity index (χ2v) is 12.3. The van der Waals surface area contributed by atoms with Crippen LogP contribution < -0.4 is 15.6 Å². The molecule has 9 heteroatoms. The number of fused-ring (bicyclic) bond motifs is 3. The Hall–Kier alpha value is -3.14. The van der Waals surface area contributed by atoms with Gasteiger partial charge in [0.25, 0.3) is 5.56 Å². The topological polar surface area (TPSA) is 82.5 Å². The Labute approximate surface area is 236 Å². The van der Waals surface area contributed by atoms with Crippen molar-refractivity contribution in [2.24, 2.45) is 0 Å². The first kappa shape index (κ1) is 27.4. The minimum Gasteiger partial charge on any atom is -0.494 e. The van der Waals surface area contributed by atoms with Gasteiger partial charge in [-0.15, -0.1) is 11.3 Å². The zero-order chi connectivity index (χ0) is 27.4. The predicted octanol–water partition coefficient (Wildman–Crippen LogP) is 5.89. The van der Waals surface area contributed by atoms with Crippen molar-refractivity contribution in [3.63, 3.8) is 0 Å². The van der Waals surface area contributed by atoms with Gasteiger partial charge in [0, 0.05) is 30.0 Å². The second-order valence-electron chi connectivity index (χ2n) is 10.1. The van der Waals surface area contributed by atoms with Gasteiger partial charge >= 0.3 is 0 Å². The molecule has 1 aliphatic rings. The molecule has 0 aliphatic carbocycles. The molecule has 0 atom stereocenters. The van der Waals surface area contributed by atoms with Crippen LogP contribution in [0.4, 0.5) is 0 Å². The van der Waals surface area contributed by atoms with Crippen molar-refractivity contribution in [2.75, 3.05) is 12.4 Å². The molecule has 1 N–H and O–H groups in total. The van der Waals surface area contributed by atoms with Crippen LogP contribution in [0.25, 0.3) is 15.9 Å². The zero-order valence-corrected chi connectivity index (χ0v) is 24.1. The predicted molar refractivity (Wildman–Crippen MR) is 157 cm³/mol. The molecule has 0 bridgehead atoms. The zero-order valence-electron chi connectivity index (χ0n) is 22.5. The van der Waals surface area contributed by atoms with E-state index in [2.05, 4.69) is 26.1 Å². The number of amides is 1. The Morgan fingerprint density at radius 1 is 1.18 bits per heavy atom. The van der Waals surface area contributed by atoms with Crippen molar-refractivity contribution in [1.82, 2.24) is 14.9 Å². The normalized spacial score (nSPS) is 14.2. The van der Waals surface area contributed by atoms with Crippen LogP contribution in [0.2, 0.25) is 0 Å². The van der Waals surface area contributed by atoms with Gasteiger partial charge < -0.3 is 14.8 Å². The summed E-state index contributed by atoms with van der Waals surface area (Å²) in [6.07, 6.45) is 1.95. The summed E-state index contributed by atoms with van der Waals surface area (Å²) in [4.78, 5) is 33.2. The number of nitrogens with zero attached hydrogens (tertiary/aromatic N) is 2. The summed E-state index contributed by atoms with van der Waals surface area (Å²) in [6, 6.07) is 17.4. The lowest BCUT2D eigenvalue weighted by Crippen LogP contribution is -2.32. The number of rotatable bonds is 10. The van der Waals surface area contributed by atoms with Crippen molar-refractivity contribution in [2.45, 2.75) is 63.9 Å². The highest BCUT2D eigenvalue weighted by molar-refractivity contribution is 7.99. The van der Waals surface area contributed by atoms with Crippen molar-refractivity contribution in [3.8, 4) is 11.4 Å². The molecule has 0 saturated carbocycles. The number of thioether (sulfide) groups is 1. The number of benzene rings is 2. The van der Waals surface area contributed by atoms with Crippen LogP contribution in [0.15, 0.2) is 64.5 Å². The summed E-state index contributed by atoms with van der Waals surface area (Å²) in [6.45, 7) is 7.81. The Morgan fingerprint density at radius 3 is 2.69 bits per heavy atom. The molecular formula is C30H33N3O4S2. The highest BCUT2D eigenvalue weighted by Crippen LogP contribution is 2.38. The van der Waals surface area contributed by atoms with E-state index in [1.165, 1.54) is 23.1 Å².